The fourth-order valence-corrected chi connectivity index (χ4v) is 3.01. The molecule has 1 heterocycles. The first-order valence-corrected chi connectivity index (χ1v) is 7.58. The minimum Gasteiger partial charge on any atom is -0.497 e. The fraction of sp³-hybridized carbons (Fsp3) is 0.375. The van der Waals surface area contributed by atoms with E-state index in [1.165, 1.54) is 10.4 Å². The Balaban J connectivity index is 1.98. The van der Waals surface area contributed by atoms with Crippen LogP contribution in [-0.2, 0) is 12.8 Å². The molecule has 0 radical (unpaired) electrons. The van der Waals surface area contributed by atoms with E-state index in [2.05, 4.69) is 41.9 Å². The number of hydrogen-bond acceptors (Lipinski definition) is 3. The van der Waals surface area contributed by atoms with E-state index in [0.717, 1.165) is 25.1 Å². The second-order valence-corrected chi connectivity index (χ2v) is 5.62. The smallest absolute Gasteiger partial charge is 0.118 e. The number of benzene rings is 1. The van der Waals surface area contributed by atoms with Crippen LogP contribution in [0.1, 0.15) is 17.4 Å². The van der Waals surface area contributed by atoms with Gasteiger partial charge in [-0.1, -0.05) is 25.1 Å². The van der Waals surface area contributed by atoms with E-state index in [9.17, 15) is 0 Å². The summed E-state index contributed by atoms with van der Waals surface area (Å²) in [5, 5.41) is 5.72. The van der Waals surface area contributed by atoms with Crippen molar-refractivity contribution in [3.8, 4) is 5.75 Å². The topological polar surface area (TPSA) is 21.3 Å². The molecule has 1 aromatic carbocycles. The maximum absolute atomic E-state index is 5.19. The molecule has 2 nitrogen and oxygen atoms in total. The molecule has 1 N–H and O–H groups in total. The summed E-state index contributed by atoms with van der Waals surface area (Å²) in [4.78, 5) is 1.44. The first-order chi connectivity index (χ1) is 9.31. The lowest BCUT2D eigenvalue weighted by Crippen LogP contribution is -2.32. The Bertz CT molecular complexity index is 464. The molecule has 19 heavy (non-hydrogen) atoms. The number of thiophene rings is 1. The molecule has 0 aliphatic rings. The third-order valence-corrected chi connectivity index (χ3v) is 4.06. The van der Waals surface area contributed by atoms with Gasteiger partial charge in [-0.15, -0.1) is 11.3 Å². The van der Waals surface area contributed by atoms with E-state index >= 15 is 0 Å². The Morgan fingerprint density at radius 3 is 2.53 bits per heavy atom. The number of likely N-dealkylation sites (N-methyl/N-ethyl adjacent to an activating group) is 1. The van der Waals surface area contributed by atoms with E-state index in [1.807, 2.05) is 23.5 Å². The maximum Gasteiger partial charge on any atom is 0.118 e. The minimum absolute atomic E-state index is 0.497. The molecule has 0 saturated heterocycles. The van der Waals surface area contributed by atoms with Crippen molar-refractivity contribution in [3.63, 3.8) is 0 Å². The Morgan fingerprint density at radius 1 is 1.16 bits per heavy atom. The molecule has 0 bridgehead atoms. The summed E-state index contributed by atoms with van der Waals surface area (Å²) in [7, 11) is 1.70. The van der Waals surface area contributed by atoms with Gasteiger partial charge in [0.2, 0.25) is 0 Å². The van der Waals surface area contributed by atoms with Crippen LogP contribution in [0.3, 0.4) is 0 Å². The molecule has 102 valence electrons. The summed E-state index contributed by atoms with van der Waals surface area (Å²) < 4.78 is 5.19. The number of ether oxygens (including phenoxy) is 1. The predicted octanol–water partition coefficient (Wildman–Crippen LogP) is 3.52. The third-order valence-electron chi connectivity index (χ3n) is 3.16. The molecule has 0 saturated carbocycles. The van der Waals surface area contributed by atoms with Crippen LogP contribution in [0, 0.1) is 0 Å². The molecule has 0 spiro atoms. The lowest BCUT2D eigenvalue weighted by atomic mass is 10.0. The minimum atomic E-state index is 0.497. The molecule has 0 aliphatic heterocycles. The summed E-state index contributed by atoms with van der Waals surface area (Å²) >= 11 is 1.83. The zero-order chi connectivity index (χ0) is 13.5. The quantitative estimate of drug-likeness (QED) is 0.835. The fourth-order valence-electron chi connectivity index (χ4n) is 2.22. The summed E-state index contributed by atoms with van der Waals surface area (Å²) in [6, 6.07) is 13.2. The second-order valence-electron chi connectivity index (χ2n) is 4.59. The first-order valence-electron chi connectivity index (χ1n) is 6.70. The van der Waals surface area contributed by atoms with E-state index in [4.69, 9.17) is 4.74 Å². The van der Waals surface area contributed by atoms with Gasteiger partial charge in [0, 0.05) is 10.9 Å². The van der Waals surface area contributed by atoms with Crippen LogP contribution in [0.15, 0.2) is 41.8 Å². The van der Waals surface area contributed by atoms with Gasteiger partial charge in [0.25, 0.3) is 0 Å². The Morgan fingerprint density at radius 2 is 1.95 bits per heavy atom. The lowest BCUT2D eigenvalue weighted by Gasteiger charge is -2.17. The highest BCUT2D eigenvalue weighted by molar-refractivity contribution is 7.09. The SMILES string of the molecule is CCNC(Cc1ccc(OC)cc1)Cc1cccs1. The van der Waals surface area contributed by atoms with Gasteiger partial charge in [-0.2, -0.15) is 0 Å². The van der Waals surface area contributed by atoms with E-state index in [1.54, 1.807) is 7.11 Å². The van der Waals surface area contributed by atoms with Crippen molar-refractivity contribution in [2.45, 2.75) is 25.8 Å². The molecule has 0 aliphatic carbocycles. The van der Waals surface area contributed by atoms with Crippen molar-refractivity contribution in [1.82, 2.24) is 5.32 Å². The highest BCUT2D eigenvalue weighted by atomic mass is 32.1. The van der Waals surface area contributed by atoms with E-state index in [-0.39, 0.29) is 0 Å². The number of methoxy groups -OCH3 is 1. The highest BCUT2D eigenvalue weighted by Crippen LogP contribution is 2.16. The zero-order valence-corrected chi connectivity index (χ0v) is 12.4. The summed E-state index contributed by atoms with van der Waals surface area (Å²) in [6.45, 7) is 3.17. The van der Waals surface area contributed by atoms with Gasteiger partial charge in [-0.25, -0.2) is 0 Å². The molecule has 0 amide bonds. The molecule has 2 aromatic rings. The Kier molecular flexibility index (Phi) is 5.43. The zero-order valence-electron chi connectivity index (χ0n) is 11.6. The van der Waals surface area contributed by atoms with Crippen LogP contribution >= 0.6 is 11.3 Å². The standard InChI is InChI=1S/C16H21NOS/c1-3-17-14(12-16-5-4-10-19-16)11-13-6-8-15(18-2)9-7-13/h4-10,14,17H,3,11-12H2,1-2H3. The average Bonchev–Trinajstić information content (AvgIpc) is 2.93. The molecule has 2 rings (SSSR count). The summed E-state index contributed by atoms with van der Waals surface area (Å²) in [5.41, 5.74) is 1.35. The van der Waals surface area contributed by atoms with Gasteiger partial charge >= 0.3 is 0 Å². The van der Waals surface area contributed by atoms with Crippen LogP contribution in [0.2, 0.25) is 0 Å². The average molecular weight is 275 g/mol. The molecule has 1 aromatic heterocycles. The van der Waals surface area contributed by atoms with Crippen LogP contribution in [0.25, 0.3) is 0 Å². The van der Waals surface area contributed by atoms with Gasteiger partial charge in [-0.05, 0) is 48.5 Å². The van der Waals surface area contributed by atoms with Gasteiger partial charge in [-0.3, -0.25) is 0 Å². The van der Waals surface area contributed by atoms with Crippen molar-refractivity contribution >= 4 is 11.3 Å². The second kappa shape index (κ2) is 7.31. The van der Waals surface area contributed by atoms with Crippen molar-refractivity contribution in [3.05, 3.63) is 52.2 Å². The molecule has 0 fully saturated rings. The highest BCUT2D eigenvalue weighted by Gasteiger charge is 2.10. The third kappa shape index (κ3) is 4.37. The number of hydrogen-bond donors (Lipinski definition) is 1. The van der Waals surface area contributed by atoms with Gasteiger partial charge in [0.1, 0.15) is 5.75 Å². The van der Waals surface area contributed by atoms with Crippen molar-refractivity contribution in [2.75, 3.05) is 13.7 Å². The van der Waals surface area contributed by atoms with Crippen LogP contribution in [0.5, 0.6) is 5.75 Å². The van der Waals surface area contributed by atoms with Crippen LogP contribution < -0.4 is 10.1 Å². The number of nitrogens with one attached hydrogen (secondary N) is 1. The van der Waals surface area contributed by atoms with Crippen LogP contribution in [-0.4, -0.2) is 19.7 Å². The molecular formula is C16H21NOS. The van der Waals surface area contributed by atoms with Crippen molar-refractivity contribution in [1.29, 1.82) is 0 Å². The van der Waals surface area contributed by atoms with Crippen LogP contribution in [0.4, 0.5) is 0 Å². The van der Waals surface area contributed by atoms with Crippen molar-refractivity contribution < 1.29 is 4.74 Å². The summed E-state index contributed by atoms with van der Waals surface area (Å²) in [5.74, 6) is 0.919. The monoisotopic (exact) mass is 275 g/mol. The molecular weight excluding hydrogens is 254 g/mol. The van der Waals surface area contributed by atoms with E-state index in [0.29, 0.717) is 6.04 Å². The van der Waals surface area contributed by atoms with Gasteiger partial charge in [0.15, 0.2) is 0 Å². The van der Waals surface area contributed by atoms with Gasteiger partial charge in [0.05, 0.1) is 7.11 Å². The maximum atomic E-state index is 5.19. The largest absolute Gasteiger partial charge is 0.497 e. The molecule has 1 unspecified atom stereocenters. The predicted molar refractivity (Wildman–Crippen MR) is 82.2 cm³/mol. The Hall–Kier alpha value is -1.32. The lowest BCUT2D eigenvalue weighted by molar-refractivity contribution is 0.414. The van der Waals surface area contributed by atoms with E-state index < -0.39 is 0 Å². The molecule has 1 atom stereocenters. The Labute approximate surface area is 119 Å². The summed E-state index contributed by atoms with van der Waals surface area (Å²) in [6.07, 6.45) is 2.15. The van der Waals surface area contributed by atoms with Gasteiger partial charge < -0.3 is 10.1 Å². The first kappa shape index (κ1) is 14.1. The van der Waals surface area contributed by atoms with Crippen molar-refractivity contribution in [2.24, 2.45) is 0 Å². The normalized spacial score (nSPS) is 12.3. The number of rotatable bonds is 7. The molecule has 3 heteroatoms.